The second-order valence-electron chi connectivity index (χ2n) is 4.46. The van der Waals surface area contributed by atoms with Crippen LogP contribution in [-0.2, 0) is 4.79 Å². The summed E-state index contributed by atoms with van der Waals surface area (Å²) in [4.78, 5) is 16.4. The predicted molar refractivity (Wildman–Crippen MR) is 94.6 cm³/mol. The molecule has 4 heteroatoms. The summed E-state index contributed by atoms with van der Waals surface area (Å²) in [5.74, 6) is 0.765. The van der Waals surface area contributed by atoms with Crippen molar-refractivity contribution >= 4 is 49.9 Å². The van der Waals surface area contributed by atoms with Gasteiger partial charge in [0, 0.05) is 5.75 Å². The molecule has 1 aliphatic rings. The third-order valence-corrected chi connectivity index (χ3v) is 5.05. The smallest absolute Gasteiger partial charge is 0.244 e. The van der Waals surface area contributed by atoms with Gasteiger partial charge in [-0.25, -0.2) is 4.99 Å². The second kappa shape index (κ2) is 6.33. The first kappa shape index (κ1) is 14.2. The van der Waals surface area contributed by atoms with Crippen molar-refractivity contribution in [1.29, 1.82) is 0 Å². The molecule has 2 aromatic carbocycles. The van der Waals surface area contributed by atoms with Crippen molar-refractivity contribution in [1.82, 2.24) is 0 Å². The molecule has 0 spiro atoms. The van der Waals surface area contributed by atoms with Crippen molar-refractivity contribution in [2.75, 3.05) is 5.75 Å². The van der Waals surface area contributed by atoms with Crippen LogP contribution in [0.1, 0.15) is 5.56 Å². The van der Waals surface area contributed by atoms with Gasteiger partial charge in [0.05, 0.1) is 0 Å². The molecule has 0 amide bonds. The van der Waals surface area contributed by atoms with E-state index < -0.39 is 0 Å². The van der Waals surface area contributed by atoms with Gasteiger partial charge in [-0.2, -0.15) is 0 Å². The minimum Gasteiger partial charge on any atom is -0.279 e. The molecule has 0 radical (unpaired) electrons. The number of carbonyl (C=O) groups excluding carboxylic acids is 1. The molecule has 0 saturated carbocycles. The summed E-state index contributed by atoms with van der Waals surface area (Å²) in [5, 5.41) is 2.30. The Kier molecular flexibility index (Phi) is 4.27. The number of thioether (sulfide) groups is 2. The van der Waals surface area contributed by atoms with Gasteiger partial charge in [0.15, 0.2) is 0 Å². The van der Waals surface area contributed by atoms with Crippen molar-refractivity contribution in [3.05, 3.63) is 66.4 Å². The lowest BCUT2D eigenvalue weighted by Gasteiger charge is -2.01. The van der Waals surface area contributed by atoms with Gasteiger partial charge in [0.1, 0.15) is 10.1 Å². The van der Waals surface area contributed by atoms with Gasteiger partial charge in [-0.3, -0.25) is 4.79 Å². The summed E-state index contributed by atoms with van der Waals surface area (Å²) >= 11 is 2.74. The van der Waals surface area contributed by atoms with E-state index in [1.165, 1.54) is 23.5 Å². The fourth-order valence-corrected chi connectivity index (χ4v) is 3.71. The maximum Gasteiger partial charge on any atom is 0.244 e. The minimum absolute atomic E-state index is 0.00879. The van der Waals surface area contributed by atoms with Gasteiger partial charge in [-0.15, -0.1) is 6.58 Å². The highest BCUT2D eigenvalue weighted by atomic mass is 32.2. The monoisotopic (exact) mass is 311 g/mol. The Morgan fingerprint density at radius 1 is 1.19 bits per heavy atom. The van der Waals surface area contributed by atoms with Crippen LogP contribution in [0.25, 0.3) is 16.8 Å². The molecule has 21 heavy (non-hydrogen) atoms. The van der Waals surface area contributed by atoms with Crippen LogP contribution in [0.15, 0.2) is 65.8 Å². The summed E-state index contributed by atoms with van der Waals surface area (Å²) in [6.45, 7) is 3.68. The molecule has 1 aliphatic heterocycles. The van der Waals surface area contributed by atoms with Gasteiger partial charge in [0.25, 0.3) is 0 Å². The van der Waals surface area contributed by atoms with Gasteiger partial charge >= 0.3 is 0 Å². The number of nitrogens with zero attached hydrogens (tertiary/aromatic N) is 1. The van der Waals surface area contributed by atoms with Gasteiger partial charge < -0.3 is 0 Å². The molecule has 0 unspecified atom stereocenters. The first-order valence-corrected chi connectivity index (χ1v) is 8.32. The molecule has 2 nitrogen and oxygen atoms in total. The largest absolute Gasteiger partial charge is 0.279 e. The second-order valence-corrected chi connectivity index (χ2v) is 6.69. The number of fused-ring (bicyclic) bond motifs is 1. The molecule has 3 rings (SSSR count). The molecule has 0 aliphatic carbocycles. The van der Waals surface area contributed by atoms with E-state index in [1.54, 1.807) is 0 Å². The molecule has 1 heterocycles. The Morgan fingerprint density at radius 2 is 2.00 bits per heavy atom. The zero-order chi connectivity index (χ0) is 14.7. The van der Waals surface area contributed by atoms with Crippen molar-refractivity contribution in [2.24, 2.45) is 4.99 Å². The van der Waals surface area contributed by atoms with Crippen LogP contribution in [0.4, 0.5) is 0 Å². The number of hydrogen-bond acceptors (Lipinski definition) is 4. The Morgan fingerprint density at radius 3 is 2.86 bits per heavy atom. The highest BCUT2D eigenvalue weighted by Gasteiger charge is 2.22. The van der Waals surface area contributed by atoms with E-state index >= 15 is 0 Å². The molecule has 0 atom stereocenters. The quantitative estimate of drug-likeness (QED) is 0.606. The van der Waals surface area contributed by atoms with Crippen LogP contribution in [0.2, 0.25) is 0 Å². The van der Waals surface area contributed by atoms with Crippen molar-refractivity contribution < 1.29 is 4.79 Å². The third kappa shape index (κ3) is 3.12. The van der Waals surface area contributed by atoms with E-state index in [0.717, 1.165) is 26.5 Å². The fraction of sp³-hybridized carbons (Fsp3) is 0.0588. The first-order valence-electron chi connectivity index (χ1n) is 6.52. The van der Waals surface area contributed by atoms with E-state index in [0.29, 0.717) is 5.70 Å². The summed E-state index contributed by atoms with van der Waals surface area (Å²) in [6.07, 6.45) is 3.68. The average Bonchev–Trinajstić information content (AvgIpc) is 2.86. The van der Waals surface area contributed by atoms with E-state index in [2.05, 4.69) is 29.8 Å². The molecule has 104 valence electrons. The molecule has 2 aromatic rings. The van der Waals surface area contributed by atoms with Gasteiger partial charge in [-0.1, -0.05) is 60.3 Å². The number of hydrogen-bond donors (Lipinski definition) is 0. The highest BCUT2D eigenvalue weighted by Crippen LogP contribution is 2.32. The topological polar surface area (TPSA) is 29.4 Å². The highest BCUT2D eigenvalue weighted by molar-refractivity contribution is 8.45. The summed E-state index contributed by atoms with van der Waals surface area (Å²) in [7, 11) is 0. The zero-order valence-corrected chi connectivity index (χ0v) is 12.9. The summed E-state index contributed by atoms with van der Waals surface area (Å²) < 4.78 is 0.798. The van der Waals surface area contributed by atoms with E-state index in [4.69, 9.17) is 0 Å². The Labute approximate surface area is 132 Å². The van der Waals surface area contributed by atoms with Crippen LogP contribution in [0.3, 0.4) is 0 Å². The first-order chi connectivity index (χ1) is 10.3. The lowest BCUT2D eigenvalue weighted by atomic mass is 10.0. The molecule has 0 N–H and O–H groups in total. The van der Waals surface area contributed by atoms with E-state index in [1.807, 2.05) is 36.4 Å². The molecular weight excluding hydrogens is 298 g/mol. The molecule has 0 saturated heterocycles. The van der Waals surface area contributed by atoms with Crippen molar-refractivity contribution in [3.8, 4) is 0 Å². The summed E-state index contributed by atoms with van der Waals surface area (Å²) in [6, 6.07) is 14.2. The molecular formula is C17H13NOS2. The minimum atomic E-state index is 0.00879. The maximum atomic E-state index is 12.0. The SMILES string of the molecule is C=CCSC1=N/C(=C/c2cccc3ccccc23)C(=O)S1. The Bertz CT molecular complexity index is 772. The number of rotatable bonds is 3. The molecule has 0 fully saturated rings. The lowest BCUT2D eigenvalue weighted by Crippen LogP contribution is -1.88. The number of benzene rings is 2. The van der Waals surface area contributed by atoms with Crippen molar-refractivity contribution in [3.63, 3.8) is 0 Å². The number of aliphatic imine (C=N–C) groups is 1. The Hall–Kier alpha value is -1.78. The van der Waals surface area contributed by atoms with Crippen LogP contribution in [-0.4, -0.2) is 15.2 Å². The summed E-state index contributed by atoms with van der Waals surface area (Å²) in [5.41, 5.74) is 1.54. The fourth-order valence-electron chi connectivity index (χ4n) is 2.11. The van der Waals surface area contributed by atoms with Crippen LogP contribution in [0, 0.1) is 0 Å². The van der Waals surface area contributed by atoms with Crippen molar-refractivity contribution in [2.45, 2.75) is 0 Å². The lowest BCUT2D eigenvalue weighted by molar-refractivity contribution is -0.107. The maximum absolute atomic E-state index is 12.0. The predicted octanol–water partition coefficient (Wildman–Crippen LogP) is 4.73. The van der Waals surface area contributed by atoms with Crippen LogP contribution < -0.4 is 0 Å². The standard InChI is InChI=1S/C17H13NOS2/c1-2-10-20-17-18-15(16(19)21-17)11-13-8-5-7-12-6-3-4-9-14(12)13/h2-9,11H,1,10H2/b15-11+. The average molecular weight is 311 g/mol. The Balaban J connectivity index is 1.98. The van der Waals surface area contributed by atoms with E-state index in [9.17, 15) is 4.79 Å². The van der Waals surface area contributed by atoms with E-state index in [-0.39, 0.29) is 5.12 Å². The van der Waals surface area contributed by atoms with Gasteiger partial charge in [0.2, 0.25) is 5.12 Å². The molecule has 0 bridgehead atoms. The normalized spacial score (nSPS) is 16.5. The van der Waals surface area contributed by atoms with Crippen LogP contribution >= 0.6 is 23.5 Å². The van der Waals surface area contributed by atoms with Gasteiger partial charge in [-0.05, 0) is 34.2 Å². The third-order valence-electron chi connectivity index (χ3n) is 3.04. The zero-order valence-electron chi connectivity index (χ0n) is 11.3. The van der Waals surface area contributed by atoms with Crippen LogP contribution in [0.5, 0.6) is 0 Å². The molecule has 0 aromatic heterocycles. The number of carbonyl (C=O) groups is 1.